The Morgan fingerprint density at radius 3 is 1.41 bits per heavy atom. The number of hydrogen-bond donors (Lipinski definition) is 0. The van der Waals surface area contributed by atoms with E-state index in [1.165, 1.54) is 30.7 Å². The molecule has 2 aromatic heterocycles. The molecule has 0 aliphatic rings. The van der Waals surface area contributed by atoms with Crippen molar-refractivity contribution in [3.63, 3.8) is 0 Å². The van der Waals surface area contributed by atoms with Gasteiger partial charge in [0.1, 0.15) is 0 Å². The van der Waals surface area contributed by atoms with Crippen molar-refractivity contribution in [2.24, 2.45) is 0 Å². The van der Waals surface area contributed by atoms with Crippen molar-refractivity contribution in [2.75, 3.05) is 0 Å². The Morgan fingerprint density at radius 2 is 0.955 bits per heavy atom. The van der Waals surface area contributed by atoms with Gasteiger partial charge in [-0.05, 0) is 0 Å². The topological polar surface area (TPSA) is 25.8 Å². The Kier molecular flexibility index (Phi) is 3.92. The van der Waals surface area contributed by atoms with Crippen LogP contribution in [0.2, 0.25) is 0 Å². The molecule has 0 unspecified atom stereocenters. The second-order valence-electron chi connectivity index (χ2n) is 4.91. The summed E-state index contributed by atoms with van der Waals surface area (Å²) < 4.78 is 2.42. The quantitative estimate of drug-likeness (QED) is 0.480. The van der Waals surface area contributed by atoms with Gasteiger partial charge in [0, 0.05) is 0 Å². The molecule has 2 nitrogen and oxygen atoms in total. The van der Waals surface area contributed by atoms with Crippen LogP contribution < -0.4 is 9.18 Å². The van der Waals surface area contributed by atoms with Crippen LogP contribution in [0.15, 0.2) is 73.1 Å². The normalized spacial score (nSPS) is 11.1. The van der Waals surface area contributed by atoms with E-state index in [4.69, 9.17) is 0 Å². The average Bonchev–Trinajstić information content (AvgIpc) is 2.59. The number of benzene rings is 2. The number of nitrogens with zero attached hydrogens (tertiary/aromatic N) is 2. The van der Waals surface area contributed by atoms with Crippen molar-refractivity contribution in [1.82, 2.24) is 9.97 Å². The molecule has 0 fully saturated rings. The predicted octanol–water partition coefficient (Wildman–Crippen LogP) is 2.06. The molecule has 2 aromatic carbocycles. The number of rotatable bonds is 3. The van der Waals surface area contributed by atoms with Crippen LogP contribution in [0, 0.1) is 0 Å². The molecule has 0 amide bonds. The van der Waals surface area contributed by atoms with Gasteiger partial charge in [-0.1, -0.05) is 0 Å². The van der Waals surface area contributed by atoms with Gasteiger partial charge in [0.25, 0.3) is 0 Å². The molecule has 106 valence electrons. The van der Waals surface area contributed by atoms with Crippen molar-refractivity contribution in [3.8, 4) is 0 Å². The zero-order valence-electron chi connectivity index (χ0n) is 11.6. The van der Waals surface area contributed by atoms with Crippen molar-refractivity contribution >= 4 is 57.0 Å². The van der Waals surface area contributed by atoms with Crippen molar-refractivity contribution < 1.29 is 0 Å². The number of fused-ring (bicyclic) bond motifs is 2. The molecule has 0 radical (unpaired) electrons. The summed E-state index contributed by atoms with van der Waals surface area (Å²) in [6.07, 6.45) is 3.96. The zero-order chi connectivity index (χ0) is 14.8. The third-order valence-corrected chi connectivity index (χ3v) is 9.88. The maximum absolute atomic E-state index is 4.60. The first-order chi connectivity index (χ1) is 10.9. The first kappa shape index (κ1) is 13.9. The SMILES string of the molecule is c1ccc2cc([Se][Se]c3cc4ccccc4cn3)ncc2c1. The van der Waals surface area contributed by atoms with Crippen LogP contribution in [-0.4, -0.2) is 36.2 Å². The minimum atomic E-state index is 0.368. The van der Waals surface area contributed by atoms with Crippen LogP contribution in [0.25, 0.3) is 21.5 Å². The van der Waals surface area contributed by atoms with Crippen LogP contribution in [0.4, 0.5) is 0 Å². The molecule has 4 aromatic rings. The van der Waals surface area contributed by atoms with E-state index in [1.54, 1.807) is 0 Å². The van der Waals surface area contributed by atoms with E-state index in [-0.39, 0.29) is 0 Å². The molecule has 0 N–H and O–H groups in total. The minimum absolute atomic E-state index is 0.368. The molecule has 22 heavy (non-hydrogen) atoms. The first-order valence-electron chi connectivity index (χ1n) is 6.93. The van der Waals surface area contributed by atoms with E-state index >= 15 is 0 Å². The van der Waals surface area contributed by atoms with Gasteiger partial charge < -0.3 is 0 Å². The van der Waals surface area contributed by atoms with Crippen LogP contribution in [-0.2, 0) is 0 Å². The fourth-order valence-electron chi connectivity index (χ4n) is 2.30. The van der Waals surface area contributed by atoms with E-state index in [1.807, 2.05) is 12.4 Å². The third kappa shape index (κ3) is 2.92. The van der Waals surface area contributed by atoms with Gasteiger partial charge in [-0.3, -0.25) is 0 Å². The van der Waals surface area contributed by atoms with Crippen molar-refractivity contribution in [2.45, 2.75) is 0 Å². The summed E-state index contributed by atoms with van der Waals surface area (Å²) in [5.41, 5.74) is 0. The summed E-state index contributed by atoms with van der Waals surface area (Å²) in [5, 5.41) is 4.96. The van der Waals surface area contributed by atoms with Crippen LogP contribution in [0.3, 0.4) is 0 Å². The van der Waals surface area contributed by atoms with Gasteiger partial charge in [-0.15, -0.1) is 0 Å². The van der Waals surface area contributed by atoms with Gasteiger partial charge >= 0.3 is 140 Å². The van der Waals surface area contributed by atoms with Gasteiger partial charge in [-0.25, -0.2) is 0 Å². The van der Waals surface area contributed by atoms with E-state index in [2.05, 4.69) is 70.6 Å². The predicted molar refractivity (Wildman–Crippen MR) is 94.3 cm³/mol. The number of aromatic nitrogens is 2. The maximum atomic E-state index is 4.60. The third-order valence-electron chi connectivity index (χ3n) is 3.42. The van der Waals surface area contributed by atoms with Crippen molar-refractivity contribution in [1.29, 1.82) is 0 Å². The summed E-state index contributed by atoms with van der Waals surface area (Å²) in [5.74, 6) is 0. The monoisotopic (exact) mass is 416 g/mol. The number of hydrogen-bond acceptors (Lipinski definition) is 2. The molecule has 0 atom stereocenters. The van der Waals surface area contributed by atoms with E-state index in [0.717, 1.165) is 0 Å². The molecule has 4 rings (SSSR count). The molecule has 0 aliphatic heterocycles. The molecule has 0 saturated carbocycles. The Balaban J connectivity index is 1.57. The van der Waals surface area contributed by atoms with E-state index in [9.17, 15) is 0 Å². The summed E-state index contributed by atoms with van der Waals surface area (Å²) in [4.78, 5) is 9.20. The van der Waals surface area contributed by atoms with Crippen LogP contribution >= 0.6 is 0 Å². The van der Waals surface area contributed by atoms with Gasteiger partial charge in [-0.2, -0.15) is 0 Å². The Morgan fingerprint density at radius 1 is 0.545 bits per heavy atom. The molecule has 4 heteroatoms. The molecular formula is C18H12N2Se2. The molecule has 0 aliphatic carbocycles. The zero-order valence-corrected chi connectivity index (χ0v) is 15.1. The summed E-state index contributed by atoms with van der Waals surface area (Å²) in [6, 6.07) is 21.2. The molecule has 0 spiro atoms. The molecule has 0 bridgehead atoms. The fraction of sp³-hybridized carbons (Fsp3) is 0. The molecule has 2 heterocycles. The van der Waals surface area contributed by atoms with Crippen molar-refractivity contribution in [3.05, 3.63) is 73.1 Å². The second-order valence-corrected chi connectivity index (χ2v) is 11.0. The summed E-state index contributed by atoms with van der Waals surface area (Å²) in [7, 11) is 0. The van der Waals surface area contributed by atoms with Crippen LogP contribution in [0.5, 0.6) is 0 Å². The van der Waals surface area contributed by atoms with Gasteiger partial charge in [0.15, 0.2) is 0 Å². The van der Waals surface area contributed by atoms with Gasteiger partial charge in [0.2, 0.25) is 0 Å². The number of pyridine rings is 2. The summed E-state index contributed by atoms with van der Waals surface area (Å²) >= 11 is 0.735. The van der Waals surface area contributed by atoms with E-state index in [0.29, 0.717) is 26.3 Å². The van der Waals surface area contributed by atoms with E-state index < -0.39 is 0 Å². The first-order valence-corrected chi connectivity index (χ1v) is 13.0. The Hall–Kier alpha value is -1.70. The summed E-state index contributed by atoms with van der Waals surface area (Å²) in [6.45, 7) is 0. The average molecular weight is 414 g/mol. The Labute approximate surface area is 139 Å². The standard InChI is InChI=1S/C18H12N2Se2/c1-3-7-15-11-19-17(9-13(15)5-1)21-22-18-10-14-6-2-4-8-16(14)12-20-18/h1-12H. The Bertz CT molecular complexity index is 874. The fourth-order valence-corrected chi connectivity index (χ4v) is 7.65. The van der Waals surface area contributed by atoms with Gasteiger partial charge in [0.05, 0.1) is 0 Å². The molecular weight excluding hydrogens is 402 g/mol. The van der Waals surface area contributed by atoms with Crippen LogP contribution in [0.1, 0.15) is 0 Å². The molecule has 0 saturated heterocycles. The second kappa shape index (κ2) is 6.19.